The molecule has 37 heavy (non-hydrogen) atoms. The number of nitrogens with zero attached hydrogens (tertiary/aromatic N) is 1. The molecule has 1 aromatic rings. The number of carbonyl (C=O) groups excluding carboxylic acids is 5. The van der Waals surface area contributed by atoms with Gasteiger partial charge in [-0.15, -0.1) is 0 Å². The second-order valence-corrected chi connectivity index (χ2v) is 10.8. The highest BCUT2D eigenvalue weighted by molar-refractivity contribution is 5.99. The summed E-state index contributed by atoms with van der Waals surface area (Å²) < 4.78 is 0. The molecule has 1 aliphatic carbocycles. The molecular weight excluding hydrogens is 476 g/mol. The molecule has 10 heteroatoms. The van der Waals surface area contributed by atoms with E-state index >= 15 is 0 Å². The van der Waals surface area contributed by atoms with Gasteiger partial charge in [0.25, 0.3) is 5.91 Å². The first-order chi connectivity index (χ1) is 17.8. The molecule has 6 atom stereocenters. The van der Waals surface area contributed by atoms with Crippen LogP contribution in [0.4, 0.5) is 0 Å². The fraction of sp³-hybridized carbons (Fsp3) is 0.593. The van der Waals surface area contributed by atoms with Gasteiger partial charge in [0.2, 0.25) is 17.7 Å². The van der Waals surface area contributed by atoms with E-state index < -0.39 is 41.8 Å². The third-order valence-corrected chi connectivity index (χ3v) is 8.68. The van der Waals surface area contributed by atoms with Crippen molar-refractivity contribution in [2.24, 2.45) is 17.8 Å². The van der Waals surface area contributed by atoms with E-state index in [2.05, 4.69) is 16.0 Å². The van der Waals surface area contributed by atoms with Crippen LogP contribution in [0, 0.1) is 17.8 Å². The van der Waals surface area contributed by atoms with Crippen molar-refractivity contribution in [1.82, 2.24) is 20.9 Å². The first-order valence-corrected chi connectivity index (χ1v) is 13.2. The number of Topliss-reactive ketones (excluding diaryl/α,β-unsaturated/α-hetero) is 1. The molecule has 0 aromatic heterocycles. The van der Waals surface area contributed by atoms with Crippen LogP contribution in [-0.2, 0) is 29.5 Å². The lowest BCUT2D eigenvalue weighted by molar-refractivity contribution is -0.146. The molecular formula is C27H34N4O6. The van der Waals surface area contributed by atoms with Crippen LogP contribution in [0.1, 0.15) is 50.5 Å². The van der Waals surface area contributed by atoms with Gasteiger partial charge in [0.1, 0.15) is 18.2 Å². The van der Waals surface area contributed by atoms with Crippen LogP contribution in [0.25, 0.3) is 0 Å². The third kappa shape index (κ3) is 4.63. The van der Waals surface area contributed by atoms with Crippen LogP contribution in [-0.4, -0.2) is 71.2 Å². The van der Waals surface area contributed by atoms with Crippen molar-refractivity contribution in [1.29, 1.82) is 0 Å². The summed E-state index contributed by atoms with van der Waals surface area (Å²) in [5, 5.41) is 18.0. The largest absolute Gasteiger partial charge is 0.389 e. The molecule has 0 radical (unpaired) electrons. The number of amides is 4. The maximum atomic E-state index is 14.2. The predicted octanol–water partition coefficient (Wildman–Crippen LogP) is -0.00860. The molecule has 10 nitrogen and oxygen atoms in total. The van der Waals surface area contributed by atoms with Crippen molar-refractivity contribution >= 4 is 29.4 Å². The van der Waals surface area contributed by atoms with Crippen LogP contribution in [0.3, 0.4) is 0 Å². The zero-order chi connectivity index (χ0) is 26.2. The van der Waals surface area contributed by atoms with Gasteiger partial charge in [0, 0.05) is 25.4 Å². The molecule has 4 aliphatic rings. The summed E-state index contributed by atoms with van der Waals surface area (Å²) >= 11 is 0. The molecule has 4 N–H and O–H groups in total. The number of benzene rings is 1. The Morgan fingerprint density at radius 3 is 2.57 bits per heavy atom. The maximum Gasteiger partial charge on any atom is 0.253 e. The fourth-order valence-corrected chi connectivity index (χ4v) is 6.78. The molecule has 0 spiro atoms. The number of rotatable bonds is 8. The second-order valence-electron chi connectivity index (χ2n) is 10.8. The number of likely N-dealkylation sites (tertiary alicyclic amines) is 1. The van der Waals surface area contributed by atoms with Crippen LogP contribution in [0.2, 0.25) is 0 Å². The van der Waals surface area contributed by atoms with E-state index in [1.54, 1.807) is 4.90 Å². The lowest BCUT2D eigenvalue weighted by Gasteiger charge is -2.36. The van der Waals surface area contributed by atoms with Gasteiger partial charge in [-0.05, 0) is 49.5 Å². The third-order valence-electron chi connectivity index (χ3n) is 8.68. The van der Waals surface area contributed by atoms with E-state index in [1.165, 1.54) is 0 Å². The average Bonchev–Trinajstić information content (AvgIpc) is 3.68. The Hall–Kier alpha value is -3.27. The number of hydrogen-bond acceptors (Lipinski definition) is 6. The van der Waals surface area contributed by atoms with Gasteiger partial charge in [-0.2, -0.15) is 0 Å². The molecule has 1 unspecified atom stereocenters. The maximum absolute atomic E-state index is 14.2. The number of hydrogen-bond donors (Lipinski definition) is 4. The van der Waals surface area contributed by atoms with Crippen LogP contribution in [0.15, 0.2) is 30.3 Å². The molecule has 1 aromatic carbocycles. The van der Waals surface area contributed by atoms with E-state index in [1.807, 2.05) is 30.3 Å². The quantitative estimate of drug-likeness (QED) is 0.387. The molecule has 4 amide bonds. The summed E-state index contributed by atoms with van der Waals surface area (Å²) in [5.74, 6) is -1.99. The van der Waals surface area contributed by atoms with Crippen molar-refractivity contribution in [3.63, 3.8) is 0 Å². The molecule has 0 bridgehead atoms. The minimum Gasteiger partial charge on any atom is -0.389 e. The minimum absolute atomic E-state index is 0.0477. The summed E-state index contributed by atoms with van der Waals surface area (Å²) in [7, 11) is 0. The number of fused-ring (bicyclic) bond motifs is 1. The molecule has 4 fully saturated rings. The molecule has 3 heterocycles. The summed E-state index contributed by atoms with van der Waals surface area (Å²) in [6.07, 6.45) is 3.84. The van der Waals surface area contributed by atoms with Gasteiger partial charge in [-0.1, -0.05) is 36.8 Å². The van der Waals surface area contributed by atoms with E-state index in [9.17, 15) is 29.1 Å². The lowest BCUT2D eigenvalue weighted by atomic mass is 9.86. The minimum atomic E-state index is -1.24. The number of aliphatic hydroxyl groups is 1. The molecule has 198 valence electrons. The normalized spacial score (nSPS) is 31.5. The lowest BCUT2D eigenvalue weighted by Crippen LogP contribution is -2.59. The predicted molar refractivity (Wildman–Crippen MR) is 132 cm³/mol. The Bertz CT molecular complexity index is 1090. The summed E-state index contributed by atoms with van der Waals surface area (Å²) in [6, 6.07) is 7.32. The van der Waals surface area contributed by atoms with Gasteiger partial charge in [-0.3, -0.25) is 24.0 Å². The average molecular weight is 511 g/mol. The molecule has 1 saturated carbocycles. The van der Waals surface area contributed by atoms with Crippen molar-refractivity contribution in [3.8, 4) is 0 Å². The number of aliphatic hydroxyl groups excluding tert-OH is 1. The summed E-state index contributed by atoms with van der Waals surface area (Å²) in [4.78, 5) is 66.6. The zero-order valence-corrected chi connectivity index (χ0v) is 20.8. The summed E-state index contributed by atoms with van der Waals surface area (Å²) in [6.45, 7) is 0.177. The first-order valence-electron chi connectivity index (χ1n) is 13.2. The van der Waals surface area contributed by atoms with Gasteiger partial charge in [-0.25, -0.2) is 0 Å². The van der Waals surface area contributed by atoms with Crippen LogP contribution >= 0.6 is 0 Å². The van der Waals surface area contributed by atoms with Crippen LogP contribution < -0.4 is 16.0 Å². The van der Waals surface area contributed by atoms with E-state index in [-0.39, 0.29) is 42.4 Å². The van der Waals surface area contributed by atoms with Crippen molar-refractivity contribution in [2.75, 3.05) is 19.7 Å². The Labute approximate surface area is 215 Å². The summed E-state index contributed by atoms with van der Waals surface area (Å²) in [5.41, 5.74) is -0.555. The Morgan fingerprint density at radius 1 is 1.14 bits per heavy atom. The smallest absolute Gasteiger partial charge is 0.253 e. The standard InChI is InChI=1S/C27H34N4O6/c32-15-21(33)20(13-16-10-12-28-24(16)35)29-25(36)23-19-8-4-5-17(19)14-31(23)26(37)27(11-9-22(34)30-27)18-6-2-1-3-7-18/h1-3,6-7,16-17,19-20,23,32H,4-5,8-15H2,(H,28,35)(H,29,36)(H,30,34)/t16-,17-,19-,20-,23-,27?/m0/s1. The van der Waals surface area contributed by atoms with Crippen molar-refractivity contribution in [3.05, 3.63) is 35.9 Å². The number of carbonyl (C=O) groups is 5. The molecule has 3 aliphatic heterocycles. The molecule has 3 saturated heterocycles. The zero-order valence-electron chi connectivity index (χ0n) is 20.8. The second kappa shape index (κ2) is 10.2. The van der Waals surface area contributed by atoms with Crippen LogP contribution in [0.5, 0.6) is 0 Å². The fourth-order valence-electron chi connectivity index (χ4n) is 6.78. The highest BCUT2D eigenvalue weighted by atomic mass is 16.3. The molecule has 5 rings (SSSR count). The Balaban J connectivity index is 1.42. The van der Waals surface area contributed by atoms with Crippen molar-refractivity contribution in [2.45, 2.75) is 62.6 Å². The Morgan fingerprint density at radius 2 is 1.92 bits per heavy atom. The SMILES string of the molecule is O=C1CCC(C(=O)N2C[C@@H]3CCC[C@@H]3[C@H]2C(=O)N[C@@H](C[C@@H]2CCNC2=O)C(=O)CO)(c2ccccc2)N1. The van der Waals surface area contributed by atoms with Gasteiger partial charge in [0.15, 0.2) is 5.78 Å². The monoisotopic (exact) mass is 510 g/mol. The van der Waals surface area contributed by atoms with Gasteiger partial charge in [0.05, 0.1) is 6.04 Å². The van der Waals surface area contributed by atoms with E-state index in [4.69, 9.17) is 0 Å². The van der Waals surface area contributed by atoms with Gasteiger partial charge < -0.3 is 26.0 Å². The topological polar surface area (TPSA) is 145 Å². The first kappa shape index (κ1) is 25.4. The van der Waals surface area contributed by atoms with E-state index in [0.717, 1.165) is 19.3 Å². The number of nitrogens with one attached hydrogen (secondary N) is 3. The number of ketones is 1. The highest BCUT2D eigenvalue weighted by Crippen LogP contribution is 2.45. The van der Waals surface area contributed by atoms with Crippen molar-refractivity contribution < 1.29 is 29.1 Å². The van der Waals surface area contributed by atoms with Gasteiger partial charge >= 0.3 is 0 Å². The van der Waals surface area contributed by atoms with E-state index in [0.29, 0.717) is 31.5 Å². The Kier molecular flexibility index (Phi) is 7.02. The highest BCUT2D eigenvalue weighted by Gasteiger charge is 2.56.